The summed E-state index contributed by atoms with van der Waals surface area (Å²) in [6.07, 6.45) is 10.3. The minimum Gasteiger partial charge on any atom is -0.397 e. The SMILES string of the molecule is C#Cc1cncc(N)c1-c1cc(Cl)c(C(=O)Nc2cnc(C(=O)NCC3CCS(=O)(=O)CC3)c(Cl)c2)cc1F. The number of rotatable bonds is 6. The molecule has 1 aromatic carbocycles. The van der Waals surface area contributed by atoms with Crippen molar-refractivity contribution in [1.29, 1.82) is 0 Å². The molecule has 1 saturated heterocycles. The third-order valence-electron chi connectivity index (χ3n) is 6.24. The van der Waals surface area contributed by atoms with Gasteiger partial charge in [0, 0.05) is 23.9 Å². The standard InChI is InChI=1S/C26H22Cl2FN5O4S/c1-2-15-11-31-13-22(30)23(15)18-8-19(27)17(9-21(18)29)25(35)34-16-7-20(28)24(32-12-16)26(36)33-10-14-3-5-39(37,38)6-4-14/h1,7-9,11-14H,3-6,10,30H2,(H,33,36)(H,34,35). The summed E-state index contributed by atoms with van der Waals surface area (Å²) in [6, 6.07) is 3.53. The predicted octanol–water partition coefficient (Wildman–Crippen LogP) is 3.96. The molecule has 0 unspecified atom stereocenters. The highest BCUT2D eigenvalue weighted by Crippen LogP contribution is 2.34. The number of nitrogens with zero attached hydrogens (tertiary/aromatic N) is 2. The molecule has 0 bridgehead atoms. The molecule has 4 rings (SSSR count). The molecule has 3 aromatic rings. The normalized spacial score (nSPS) is 14.8. The third-order valence-corrected chi connectivity index (χ3v) is 8.56. The second kappa shape index (κ2) is 11.6. The number of amides is 2. The summed E-state index contributed by atoms with van der Waals surface area (Å²) in [5.41, 5.74) is 6.52. The average Bonchev–Trinajstić information content (AvgIpc) is 2.89. The summed E-state index contributed by atoms with van der Waals surface area (Å²) in [6.45, 7) is 0.291. The van der Waals surface area contributed by atoms with Gasteiger partial charge in [0.05, 0.1) is 56.4 Å². The van der Waals surface area contributed by atoms with E-state index in [1.54, 1.807) is 0 Å². The van der Waals surface area contributed by atoms with Crippen LogP contribution in [0.15, 0.2) is 36.8 Å². The number of terminal acetylenes is 1. The highest BCUT2D eigenvalue weighted by molar-refractivity contribution is 7.91. The molecule has 0 spiro atoms. The number of halogens is 3. The Kier molecular flexibility index (Phi) is 8.39. The summed E-state index contributed by atoms with van der Waals surface area (Å²) in [5.74, 6) is 0.577. The number of nitrogens with two attached hydrogens (primary N) is 1. The van der Waals surface area contributed by atoms with Gasteiger partial charge >= 0.3 is 0 Å². The van der Waals surface area contributed by atoms with E-state index in [0.717, 1.165) is 6.07 Å². The van der Waals surface area contributed by atoms with Gasteiger partial charge in [-0.15, -0.1) is 6.42 Å². The van der Waals surface area contributed by atoms with Crippen LogP contribution in [-0.2, 0) is 9.84 Å². The van der Waals surface area contributed by atoms with E-state index < -0.39 is 27.5 Å². The van der Waals surface area contributed by atoms with Gasteiger partial charge in [0.15, 0.2) is 0 Å². The summed E-state index contributed by atoms with van der Waals surface area (Å²) in [5, 5.41) is 5.15. The van der Waals surface area contributed by atoms with Gasteiger partial charge in [0.2, 0.25) is 0 Å². The van der Waals surface area contributed by atoms with Gasteiger partial charge in [-0.25, -0.2) is 17.8 Å². The first-order valence-electron chi connectivity index (χ1n) is 11.6. The number of anilines is 2. The van der Waals surface area contributed by atoms with E-state index in [2.05, 4.69) is 26.5 Å². The number of hydrogen-bond acceptors (Lipinski definition) is 7. The molecule has 0 saturated carbocycles. The number of hydrogen-bond donors (Lipinski definition) is 3. The van der Waals surface area contributed by atoms with Crippen LogP contribution >= 0.6 is 23.2 Å². The largest absolute Gasteiger partial charge is 0.397 e. The maximum absolute atomic E-state index is 15.1. The third kappa shape index (κ3) is 6.47. The van der Waals surface area contributed by atoms with Crippen molar-refractivity contribution < 1.29 is 22.4 Å². The number of benzene rings is 1. The molecular formula is C26H22Cl2FN5O4S. The smallest absolute Gasteiger partial charge is 0.271 e. The Labute approximate surface area is 234 Å². The predicted molar refractivity (Wildman–Crippen MR) is 148 cm³/mol. The number of carbonyl (C=O) groups is 2. The lowest BCUT2D eigenvalue weighted by Gasteiger charge is -2.22. The Balaban J connectivity index is 1.46. The van der Waals surface area contributed by atoms with Crippen molar-refractivity contribution in [1.82, 2.24) is 15.3 Å². The molecule has 1 fully saturated rings. The second-order valence-electron chi connectivity index (χ2n) is 8.92. The molecule has 2 aromatic heterocycles. The van der Waals surface area contributed by atoms with Crippen molar-refractivity contribution in [2.24, 2.45) is 5.92 Å². The maximum Gasteiger partial charge on any atom is 0.271 e. The first-order valence-corrected chi connectivity index (χ1v) is 14.2. The lowest BCUT2D eigenvalue weighted by atomic mass is 9.98. The molecule has 13 heteroatoms. The van der Waals surface area contributed by atoms with Gasteiger partial charge in [-0.1, -0.05) is 29.1 Å². The van der Waals surface area contributed by atoms with Gasteiger partial charge in [-0.2, -0.15) is 0 Å². The minimum atomic E-state index is -3.00. The van der Waals surface area contributed by atoms with Crippen LogP contribution in [0.1, 0.15) is 39.3 Å². The summed E-state index contributed by atoms with van der Waals surface area (Å²) in [7, 11) is -3.00. The quantitative estimate of drug-likeness (QED) is 0.369. The van der Waals surface area contributed by atoms with Crippen molar-refractivity contribution in [2.75, 3.05) is 29.1 Å². The van der Waals surface area contributed by atoms with Gasteiger partial charge in [-0.3, -0.25) is 14.6 Å². The van der Waals surface area contributed by atoms with E-state index in [0.29, 0.717) is 19.4 Å². The molecule has 4 N–H and O–H groups in total. The monoisotopic (exact) mass is 589 g/mol. The van der Waals surface area contributed by atoms with E-state index in [9.17, 15) is 18.0 Å². The van der Waals surface area contributed by atoms with Crippen LogP contribution < -0.4 is 16.4 Å². The molecule has 3 heterocycles. The summed E-state index contributed by atoms with van der Waals surface area (Å²) in [4.78, 5) is 33.3. The van der Waals surface area contributed by atoms with Crippen LogP contribution in [0.3, 0.4) is 0 Å². The Hall–Kier alpha value is -3.72. The number of pyridine rings is 2. The van der Waals surface area contributed by atoms with E-state index in [4.69, 9.17) is 35.4 Å². The van der Waals surface area contributed by atoms with Crippen molar-refractivity contribution in [2.45, 2.75) is 12.8 Å². The fraction of sp³-hybridized carbons (Fsp3) is 0.231. The zero-order valence-electron chi connectivity index (χ0n) is 20.3. The highest BCUT2D eigenvalue weighted by Gasteiger charge is 2.25. The van der Waals surface area contributed by atoms with E-state index >= 15 is 4.39 Å². The lowest BCUT2D eigenvalue weighted by molar-refractivity contribution is 0.0941. The van der Waals surface area contributed by atoms with E-state index in [1.807, 2.05) is 0 Å². The number of nitrogens with one attached hydrogen (secondary N) is 2. The molecular weight excluding hydrogens is 568 g/mol. The van der Waals surface area contributed by atoms with Crippen LogP contribution in [-0.4, -0.2) is 48.3 Å². The molecule has 0 aliphatic carbocycles. The topological polar surface area (TPSA) is 144 Å². The molecule has 1 aliphatic rings. The van der Waals surface area contributed by atoms with Gasteiger partial charge in [0.25, 0.3) is 11.8 Å². The van der Waals surface area contributed by atoms with Crippen molar-refractivity contribution >= 4 is 56.2 Å². The van der Waals surface area contributed by atoms with Crippen molar-refractivity contribution in [3.05, 3.63) is 69.5 Å². The van der Waals surface area contributed by atoms with Crippen LogP contribution in [0.4, 0.5) is 15.8 Å². The van der Waals surface area contributed by atoms with Crippen LogP contribution in [0.25, 0.3) is 11.1 Å². The number of aromatic nitrogens is 2. The molecule has 1 aliphatic heterocycles. The zero-order chi connectivity index (χ0) is 28.3. The second-order valence-corrected chi connectivity index (χ2v) is 12.0. The van der Waals surface area contributed by atoms with Gasteiger partial charge < -0.3 is 16.4 Å². The fourth-order valence-corrected chi connectivity index (χ4v) is 6.23. The number of sulfone groups is 1. The average molecular weight is 590 g/mol. The minimum absolute atomic E-state index is 0.0133. The molecule has 0 radical (unpaired) electrons. The van der Waals surface area contributed by atoms with Crippen molar-refractivity contribution in [3.63, 3.8) is 0 Å². The first kappa shape index (κ1) is 28.3. The van der Waals surface area contributed by atoms with Crippen molar-refractivity contribution in [3.8, 4) is 23.5 Å². The Morgan fingerprint density at radius 3 is 2.49 bits per heavy atom. The van der Waals surface area contributed by atoms with E-state index in [-0.39, 0.29) is 66.8 Å². The Bertz CT molecular complexity index is 1610. The number of nitrogen functional groups attached to an aromatic ring is 1. The molecule has 39 heavy (non-hydrogen) atoms. The molecule has 2 amide bonds. The van der Waals surface area contributed by atoms with E-state index in [1.165, 1.54) is 30.7 Å². The molecule has 9 nitrogen and oxygen atoms in total. The first-order chi connectivity index (χ1) is 18.5. The van der Waals surface area contributed by atoms with Gasteiger partial charge in [-0.05, 0) is 37.0 Å². The zero-order valence-corrected chi connectivity index (χ0v) is 22.6. The highest BCUT2D eigenvalue weighted by atomic mass is 35.5. The molecule has 0 atom stereocenters. The van der Waals surface area contributed by atoms with Crippen LogP contribution in [0.2, 0.25) is 10.0 Å². The summed E-state index contributed by atoms with van der Waals surface area (Å²) >= 11 is 12.5. The summed E-state index contributed by atoms with van der Waals surface area (Å²) < 4.78 is 38.2. The Morgan fingerprint density at radius 1 is 1.10 bits per heavy atom. The fourth-order valence-electron chi connectivity index (χ4n) is 4.13. The van der Waals surface area contributed by atoms with Crippen LogP contribution in [0.5, 0.6) is 0 Å². The van der Waals surface area contributed by atoms with Crippen LogP contribution in [0, 0.1) is 24.1 Å². The molecule has 202 valence electrons. The maximum atomic E-state index is 15.1. The van der Waals surface area contributed by atoms with Gasteiger partial charge in [0.1, 0.15) is 21.3 Å². The number of carbonyl (C=O) groups excluding carboxylic acids is 2. The lowest BCUT2D eigenvalue weighted by Crippen LogP contribution is -2.34. The Morgan fingerprint density at radius 2 is 1.82 bits per heavy atom.